The van der Waals surface area contributed by atoms with Gasteiger partial charge in [-0.05, 0) is 42.0 Å². The van der Waals surface area contributed by atoms with Crippen LogP contribution in [0.1, 0.15) is 38.2 Å². The molecule has 1 aliphatic rings. The Morgan fingerprint density at radius 1 is 1.15 bits per heavy atom. The molecule has 0 heterocycles. The molecule has 0 spiro atoms. The zero-order valence-electron chi connectivity index (χ0n) is 11.9. The minimum Gasteiger partial charge on any atom is -0.490 e. The topological polar surface area (TPSA) is 9.23 Å². The summed E-state index contributed by atoms with van der Waals surface area (Å²) in [6, 6.07) is 12.6. The molecule has 2 aromatic carbocycles. The summed E-state index contributed by atoms with van der Waals surface area (Å²) in [6.45, 7) is 2.32. The second-order valence-electron chi connectivity index (χ2n) is 5.91. The van der Waals surface area contributed by atoms with Crippen molar-refractivity contribution in [3.63, 3.8) is 0 Å². The predicted octanol–water partition coefficient (Wildman–Crippen LogP) is 5.54. The molecular formula is C18H21ClO. The van der Waals surface area contributed by atoms with Gasteiger partial charge in [-0.1, -0.05) is 43.7 Å². The van der Waals surface area contributed by atoms with Crippen LogP contribution in [0.25, 0.3) is 10.8 Å². The zero-order valence-corrected chi connectivity index (χ0v) is 12.7. The van der Waals surface area contributed by atoms with Gasteiger partial charge in [0.1, 0.15) is 5.75 Å². The first-order valence-electron chi connectivity index (χ1n) is 7.51. The molecule has 2 atom stereocenters. The van der Waals surface area contributed by atoms with Gasteiger partial charge >= 0.3 is 0 Å². The standard InChI is InChI=1S/C18H21ClO/c1-13-5-4-7-15(11-13)20-18-10-9-14-6-2-3-8-16(14)17(18)12-19/h2-3,6,8-10,13,15H,4-5,7,11-12H2,1H3. The van der Waals surface area contributed by atoms with Crippen molar-refractivity contribution in [2.45, 2.75) is 44.6 Å². The van der Waals surface area contributed by atoms with Crippen molar-refractivity contribution in [3.05, 3.63) is 42.0 Å². The predicted molar refractivity (Wildman–Crippen MR) is 85.6 cm³/mol. The highest BCUT2D eigenvalue weighted by atomic mass is 35.5. The van der Waals surface area contributed by atoms with Gasteiger partial charge in [0.2, 0.25) is 0 Å². The maximum Gasteiger partial charge on any atom is 0.124 e. The molecule has 0 radical (unpaired) electrons. The molecule has 0 amide bonds. The number of hydrogen-bond donors (Lipinski definition) is 0. The van der Waals surface area contributed by atoms with Gasteiger partial charge in [-0.25, -0.2) is 0 Å². The first-order valence-corrected chi connectivity index (χ1v) is 8.04. The molecule has 1 fully saturated rings. The average Bonchev–Trinajstić information content (AvgIpc) is 2.47. The molecule has 1 nitrogen and oxygen atoms in total. The summed E-state index contributed by atoms with van der Waals surface area (Å²) >= 11 is 6.18. The maximum absolute atomic E-state index is 6.27. The lowest BCUT2D eigenvalue weighted by Crippen LogP contribution is -2.24. The molecule has 3 rings (SSSR count). The Bertz CT molecular complexity index is 593. The lowest BCUT2D eigenvalue weighted by atomic mass is 9.88. The van der Waals surface area contributed by atoms with Crippen LogP contribution in [0, 0.1) is 5.92 Å². The van der Waals surface area contributed by atoms with Gasteiger partial charge < -0.3 is 4.74 Å². The van der Waals surface area contributed by atoms with Crippen LogP contribution in [0.4, 0.5) is 0 Å². The Hall–Kier alpha value is -1.21. The third-order valence-electron chi connectivity index (χ3n) is 4.31. The summed E-state index contributed by atoms with van der Waals surface area (Å²) in [5.41, 5.74) is 1.13. The first kappa shape index (κ1) is 13.8. The average molecular weight is 289 g/mol. The lowest BCUT2D eigenvalue weighted by molar-refractivity contribution is 0.128. The van der Waals surface area contributed by atoms with Gasteiger partial charge in [0, 0.05) is 5.56 Å². The molecule has 1 saturated carbocycles. The van der Waals surface area contributed by atoms with E-state index in [2.05, 4.69) is 43.3 Å². The van der Waals surface area contributed by atoms with E-state index in [1.165, 1.54) is 30.0 Å². The molecule has 0 aromatic heterocycles. The monoisotopic (exact) mass is 288 g/mol. The molecule has 2 unspecified atom stereocenters. The Kier molecular flexibility index (Phi) is 4.16. The molecule has 106 valence electrons. The minimum atomic E-state index is 0.349. The maximum atomic E-state index is 6.27. The molecule has 0 N–H and O–H groups in total. The van der Waals surface area contributed by atoms with Crippen LogP contribution in [0.2, 0.25) is 0 Å². The van der Waals surface area contributed by atoms with Crippen molar-refractivity contribution >= 4 is 22.4 Å². The number of hydrogen-bond acceptors (Lipinski definition) is 1. The molecule has 2 heteroatoms. The second kappa shape index (κ2) is 6.05. The number of rotatable bonds is 3. The van der Waals surface area contributed by atoms with E-state index in [-0.39, 0.29) is 0 Å². The van der Waals surface area contributed by atoms with Crippen molar-refractivity contribution in [2.24, 2.45) is 5.92 Å². The largest absolute Gasteiger partial charge is 0.490 e. The Morgan fingerprint density at radius 3 is 2.80 bits per heavy atom. The van der Waals surface area contributed by atoms with Crippen LogP contribution in [0.5, 0.6) is 5.75 Å². The molecule has 0 bridgehead atoms. The van der Waals surface area contributed by atoms with Crippen LogP contribution >= 0.6 is 11.6 Å². The Morgan fingerprint density at radius 2 is 2.00 bits per heavy atom. The van der Waals surface area contributed by atoms with Crippen LogP contribution in [-0.2, 0) is 5.88 Å². The number of alkyl halides is 1. The molecule has 0 saturated heterocycles. The van der Waals surface area contributed by atoms with E-state index in [0.717, 1.165) is 23.7 Å². The minimum absolute atomic E-state index is 0.349. The van der Waals surface area contributed by atoms with Gasteiger partial charge in [0.25, 0.3) is 0 Å². The van der Waals surface area contributed by atoms with E-state index in [0.29, 0.717) is 12.0 Å². The van der Waals surface area contributed by atoms with Gasteiger partial charge in [0.15, 0.2) is 0 Å². The summed E-state index contributed by atoms with van der Waals surface area (Å²) in [6.07, 6.45) is 5.28. The number of fused-ring (bicyclic) bond motifs is 1. The van der Waals surface area contributed by atoms with Crippen molar-refractivity contribution in [1.29, 1.82) is 0 Å². The van der Waals surface area contributed by atoms with Crippen LogP contribution in [0.3, 0.4) is 0 Å². The molecule has 1 aliphatic carbocycles. The molecule has 0 aliphatic heterocycles. The molecular weight excluding hydrogens is 268 g/mol. The fraction of sp³-hybridized carbons (Fsp3) is 0.444. The second-order valence-corrected chi connectivity index (χ2v) is 6.18. The van der Waals surface area contributed by atoms with Gasteiger partial charge in [0.05, 0.1) is 12.0 Å². The summed E-state index contributed by atoms with van der Waals surface area (Å²) in [5, 5.41) is 2.44. The normalized spacial score (nSPS) is 22.9. The van der Waals surface area contributed by atoms with Crippen molar-refractivity contribution in [3.8, 4) is 5.75 Å². The quantitative estimate of drug-likeness (QED) is 0.674. The van der Waals surface area contributed by atoms with Crippen molar-refractivity contribution in [2.75, 3.05) is 0 Å². The van der Waals surface area contributed by atoms with Crippen molar-refractivity contribution in [1.82, 2.24) is 0 Å². The number of ether oxygens (including phenoxy) is 1. The van der Waals surface area contributed by atoms with Crippen molar-refractivity contribution < 1.29 is 4.74 Å². The van der Waals surface area contributed by atoms with Gasteiger partial charge in [-0.15, -0.1) is 11.6 Å². The first-order chi connectivity index (χ1) is 9.78. The van der Waals surface area contributed by atoms with Gasteiger partial charge in [-0.2, -0.15) is 0 Å². The van der Waals surface area contributed by atoms with Crippen LogP contribution < -0.4 is 4.74 Å². The molecule has 2 aromatic rings. The Labute approximate surface area is 125 Å². The summed E-state index contributed by atoms with van der Waals surface area (Å²) in [7, 11) is 0. The fourth-order valence-electron chi connectivity index (χ4n) is 3.23. The molecule has 20 heavy (non-hydrogen) atoms. The van der Waals surface area contributed by atoms with E-state index in [1.54, 1.807) is 0 Å². The van der Waals surface area contributed by atoms with Crippen LogP contribution in [-0.4, -0.2) is 6.10 Å². The van der Waals surface area contributed by atoms with E-state index < -0.39 is 0 Å². The SMILES string of the molecule is CC1CCCC(Oc2ccc3ccccc3c2CCl)C1. The van der Waals surface area contributed by atoms with E-state index in [1.807, 2.05) is 0 Å². The Balaban J connectivity index is 1.90. The fourth-order valence-corrected chi connectivity index (χ4v) is 3.50. The third-order valence-corrected chi connectivity index (χ3v) is 4.58. The summed E-state index contributed by atoms with van der Waals surface area (Å²) in [4.78, 5) is 0. The lowest BCUT2D eigenvalue weighted by Gasteiger charge is -2.28. The number of benzene rings is 2. The smallest absolute Gasteiger partial charge is 0.124 e. The van der Waals surface area contributed by atoms with E-state index >= 15 is 0 Å². The highest BCUT2D eigenvalue weighted by Gasteiger charge is 2.21. The zero-order chi connectivity index (χ0) is 13.9. The van der Waals surface area contributed by atoms with Gasteiger partial charge in [-0.3, -0.25) is 0 Å². The van der Waals surface area contributed by atoms with Crippen LogP contribution in [0.15, 0.2) is 36.4 Å². The van der Waals surface area contributed by atoms with E-state index in [4.69, 9.17) is 16.3 Å². The highest BCUT2D eigenvalue weighted by molar-refractivity contribution is 6.18. The highest BCUT2D eigenvalue weighted by Crippen LogP contribution is 2.33. The summed E-state index contributed by atoms with van der Waals surface area (Å²) in [5.74, 6) is 2.24. The third kappa shape index (κ3) is 2.78. The number of halogens is 1. The van der Waals surface area contributed by atoms with E-state index in [9.17, 15) is 0 Å². The summed E-state index contributed by atoms with van der Waals surface area (Å²) < 4.78 is 6.27.